The van der Waals surface area contributed by atoms with Gasteiger partial charge in [-0.15, -0.1) is 0 Å². The maximum Gasteiger partial charge on any atom is 0.224 e. The standard InChI is InChI=1S/C15H19ClN4/c1-2-9-17-14-8-11-19-15(20-14)18-10-7-12-3-5-13(16)6-4-12/h3-6,8,11H,2,7,9-10H2,1H3,(H2,17,18,19,20). The predicted octanol–water partition coefficient (Wildman–Crippen LogP) is 3.61. The number of anilines is 2. The smallest absolute Gasteiger partial charge is 0.224 e. The lowest BCUT2D eigenvalue weighted by atomic mass is 10.1. The third-order valence-corrected chi connectivity index (χ3v) is 3.07. The molecular weight excluding hydrogens is 272 g/mol. The van der Waals surface area contributed by atoms with Crippen LogP contribution < -0.4 is 10.6 Å². The van der Waals surface area contributed by atoms with Gasteiger partial charge in [0.25, 0.3) is 0 Å². The average molecular weight is 291 g/mol. The molecule has 1 heterocycles. The molecule has 0 aliphatic rings. The van der Waals surface area contributed by atoms with E-state index >= 15 is 0 Å². The first kappa shape index (κ1) is 14.6. The average Bonchev–Trinajstić information content (AvgIpc) is 2.48. The van der Waals surface area contributed by atoms with Gasteiger partial charge in [-0.3, -0.25) is 0 Å². The Morgan fingerprint density at radius 1 is 1.05 bits per heavy atom. The molecule has 0 aliphatic heterocycles. The van der Waals surface area contributed by atoms with Crippen LogP contribution in [0.1, 0.15) is 18.9 Å². The van der Waals surface area contributed by atoms with E-state index < -0.39 is 0 Å². The molecule has 0 aliphatic carbocycles. The molecule has 4 nitrogen and oxygen atoms in total. The van der Waals surface area contributed by atoms with Gasteiger partial charge in [0.2, 0.25) is 5.95 Å². The quantitative estimate of drug-likeness (QED) is 0.818. The van der Waals surface area contributed by atoms with Crippen molar-refractivity contribution in [2.24, 2.45) is 0 Å². The van der Waals surface area contributed by atoms with Crippen LogP contribution in [0, 0.1) is 0 Å². The Balaban J connectivity index is 1.82. The predicted molar refractivity (Wildman–Crippen MR) is 84.5 cm³/mol. The summed E-state index contributed by atoms with van der Waals surface area (Å²) in [5, 5.41) is 7.24. The van der Waals surface area contributed by atoms with Crippen LogP contribution >= 0.6 is 11.6 Å². The van der Waals surface area contributed by atoms with Crippen LogP contribution in [0.25, 0.3) is 0 Å². The Kier molecular flexibility index (Phi) is 5.62. The highest BCUT2D eigenvalue weighted by atomic mass is 35.5. The lowest BCUT2D eigenvalue weighted by Gasteiger charge is -2.07. The zero-order valence-electron chi connectivity index (χ0n) is 11.6. The summed E-state index contributed by atoms with van der Waals surface area (Å²) >= 11 is 5.86. The summed E-state index contributed by atoms with van der Waals surface area (Å²) in [6, 6.07) is 9.75. The molecule has 0 amide bonds. The van der Waals surface area contributed by atoms with Crippen molar-refractivity contribution >= 4 is 23.4 Å². The molecule has 2 N–H and O–H groups in total. The molecule has 0 unspecified atom stereocenters. The highest BCUT2D eigenvalue weighted by Gasteiger charge is 1.99. The van der Waals surface area contributed by atoms with Crippen molar-refractivity contribution in [1.29, 1.82) is 0 Å². The van der Waals surface area contributed by atoms with E-state index in [9.17, 15) is 0 Å². The van der Waals surface area contributed by atoms with E-state index in [1.807, 2.05) is 30.3 Å². The minimum Gasteiger partial charge on any atom is -0.370 e. The first-order valence-corrected chi connectivity index (χ1v) is 7.21. The summed E-state index contributed by atoms with van der Waals surface area (Å²) < 4.78 is 0. The molecule has 0 bridgehead atoms. The second-order valence-electron chi connectivity index (χ2n) is 4.50. The zero-order valence-corrected chi connectivity index (χ0v) is 12.3. The molecular formula is C15H19ClN4. The largest absolute Gasteiger partial charge is 0.370 e. The fourth-order valence-corrected chi connectivity index (χ4v) is 1.89. The highest BCUT2D eigenvalue weighted by Crippen LogP contribution is 2.10. The van der Waals surface area contributed by atoms with Crippen molar-refractivity contribution in [3.63, 3.8) is 0 Å². The van der Waals surface area contributed by atoms with Gasteiger partial charge in [0.15, 0.2) is 0 Å². The molecule has 0 saturated heterocycles. The van der Waals surface area contributed by atoms with Gasteiger partial charge in [0.1, 0.15) is 5.82 Å². The molecule has 5 heteroatoms. The van der Waals surface area contributed by atoms with Crippen LogP contribution in [-0.2, 0) is 6.42 Å². The first-order chi connectivity index (χ1) is 9.78. The van der Waals surface area contributed by atoms with Gasteiger partial charge in [-0.1, -0.05) is 30.7 Å². The minimum absolute atomic E-state index is 0.653. The highest BCUT2D eigenvalue weighted by molar-refractivity contribution is 6.30. The molecule has 0 spiro atoms. The minimum atomic E-state index is 0.653. The summed E-state index contributed by atoms with van der Waals surface area (Å²) in [4.78, 5) is 8.61. The molecule has 106 valence electrons. The second-order valence-corrected chi connectivity index (χ2v) is 4.93. The monoisotopic (exact) mass is 290 g/mol. The number of nitrogens with zero attached hydrogens (tertiary/aromatic N) is 2. The van der Waals surface area contributed by atoms with E-state index in [2.05, 4.69) is 27.5 Å². The molecule has 0 saturated carbocycles. The van der Waals surface area contributed by atoms with Crippen LogP contribution in [-0.4, -0.2) is 23.1 Å². The van der Waals surface area contributed by atoms with Crippen molar-refractivity contribution in [3.8, 4) is 0 Å². The van der Waals surface area contributed by atoms with Gasteiger partial charge < -0.3 is 10.6 Å². The summed E-state index contributed by atoms with van der Waals surface area (Å²) in [7, 11) is 0. The van der Waals surface area contributed by atoms with Crippen LogP contribution in [0.15, 0.2) is 36.5 Å². The van der Waals surface area contributed by atoms with E-state index in [0.717, 1.165) is 36.8 Å². The number of nitrogens with one attached hydrogen (secondary N) is 2. The Hall–Kier alpha value is -1.81. The van der Waals surface area contributed by atoms with Gasteiger partial charge in [0.05, 0.1) is 0 Å². The Bertz CT molecular complexity index is 528. The third kappa shape index (κ3) is 4.70. The first-order valence-electron chi connectivity index (χ1n) is 6.83. The lowest BCUT2D eigenvalue weighted by Crippen LogP contribution is -2.09. The normalized spacial score (nSPS) is 10.3. The Morgan fingerprint density at radius 3 is 2.60 bits per heavy atom. The Labute approximate surface area is 124 Å². The number of benzene rings is 1. The molecule has 0 fully saturated rings. The number of hydrogen-bond acceptors (Lipinski definition) is 4. The van der Waals surface area contributed by atoms with Gasteiger partial charge in [-0.25, -0.2) is 4.98 Å². The zero-order chi connectivity index (χ0) is 14.2. The van der Waals surface area contributed by atoms with Crippen LogP contribution in [0.5, 0.6) is 0 Å². The molecule has 2 aromatic rings. The van der Waals surface area contributed by atoms with Crippen LogP contribution in [0.4, 0.5) is 11.8 Å². The molecule has 1 aromatic heterocycles. The van der Waals surface area contributed by atoms with Gasteiger partial charge in [-0.2, -0.15) is 4.98 Å². The van der Waals surface area contributed by atoms with Crippen molar-refractivity contribution in [3.05, 3.63) is 47.1 Å². The second kappa shape index (κ2) is 7.70. The van der Waals surface area contributed by atoms with Gasteiger partial charge in [0, 0.05) is 24.3 Å². The summed E-state index contributed by atoms with van der Waals surface area (Å²) in [5.41, 5.74) is 1.24. The van der Waals surface area contributed by atoms with E-state index in [0.29, 0.717) is 5.95 Å². The molecule has 20 heavy (non-hydrogen) atoms. The number of halogens is 1. The maximum absolute atomic E-state index is 5.86. The van der Waals surface area contributed by atoms with E-state index in [1.165, 1.54) is 5.56 Å². The van der Waals surface area contributed by atoms with Crippen molar-refractivity contribution in [1.82, 2.24) is 9.97 Å². The van der Waals surface area contributed by atoms with Gasteiger partial charge >= 0.3 is 0 Å². The number of rotatable bonds is 7. The fraction of sp³-hybridized carbons (Fsp3) is 0.333. The van der Waals surface area contributed by atoms with Crippen LogP contribution in [0.2, 0.25) is 5.02 Å². The molecule has 0 radical (unpaired) electrons. The van der Waals surface area contributed by atoms with Crippen molar-refractivity contribution < 1.29 is 0 Å². The fourth-order valence-electron chi connectivity index (χ4n) is 1.77. The van der Waals surface area contributed by atoms with Crippen molar-refractivity contribution in [2.75, 3.05) is 23.7 Å². The Morgan fingerprint density at radius 2 is 1.85 bits per heavy atom. The maximum atomic E-state index is 5.86. The number of hydrogen-bond donors (Lipinski definition) is 2. The molecule has 2 rings (SSSR count). The molecule has 0 atom stereocenters. The topological polar surface area (TPSA) is 49.8 Å². The molecule has 1 aromatic carbocycles. The van der Waals surface area contributed by atoms with E-state index in [-0.39, 0.29) is 0 Å². The lowest BCUT2D eigenvalue weighted by molar-refractivity contribution is 0.953. The summed E-state index contributed by atoms with van der Waals surface area (Å²) in [6.07, 6.45) is 3.74. The van der Waals surface area contributed by atoms with E-state index in [4.69, 9.17) is 11.6 Å². The third-order valence-electron chi connectivity index (χ3n) is 2.82. The van der Waals surface area contributed by atoms with E-state index in [1.54, 1.807) is 6.20 Å². The van der Waals surface area contributed by atoms with Gasteiger partial charge in [-0.05, 0) is 36.6 Å². The number of aromatic nitrogens is 2. The summed E-state index contributed by atoms with van der Waals surface area (Å²) in [5.74, 6) is 1.51. The SMILES string of the molecule is CCCNc1ccnc(NCCc2ccc(Cl)cc2)n1. The summed E-state index contributed by atoms with van der Waals surface area (Å²) in [6.45, 7) is 3.83. The van der Waals surface area contributed by atoms with Crippen molar-refractivity contribution in [2.45, 2.75) is 19.8 Å². The van der Waals surface area contributed by atoms with Crippen LogP contribution in [0.3, 0.4) is 0 Å².